The fourth-order valence-corrected chi connectivity index (χ4v) is 3.51. The van der Waals surface area contributed by atoms with Crippen molar-refractivity contribution < 1.29 is 9.26 Å². The zero-order valence-corrected chi connectivity index (χ0v) is 19.2. The van der Waals surface area contributed by atoms with Gasteiger partial charge in [-0.15, -0.1) is 0 Å². The summed E-state index contributed by atoms with van der Waals surface area (Å²) in [5.41, 5.74) is 8.73. The molecule has 3 aromatic heterocycles. The lowest BCUT2D eigenvalue weighted by Gasteiger charge is -2.31. The van der Waals surface area contributed by atoms with Gasteiger partial charge in [-0.3, -0.25) is 5.10 Å². The molecule has 2 aliphatic rings. The molecule has 4 heterocycles. The Morgan fingerprint density at radius 3 is 2.94 bits per heavy atom. The molecule has 178 valence electrons. The lowest BCUT2D eigenvalue weighted by molar-refractivity contribution is 0.175. The number of aromatic amines is 1. The normalized spacial score (nSPS) is 20.0. The maximum Gasteiger partial charge on any atom is 0.216 e. The first-order valence-corrected chi connectivity index (χ1v) is 11.2. The molecule has 5 N–H and O–H groups in total. The fourth-order valence-electron chi connectivity index (χ4n) is 3.51. The van der Waals surface area contributed by atoms with E-state index in [0.29, 0.717) is 53.8 Å². The fraction of sp³-hybridized carbons (Fsp3) is 0.409. The van der Waals surface area contributed by atoms with Crippen molar-refractivity contribution in [1.82, 2.24) is 40.9 Å². The number of hydrogen-bond acceptors (Lipinski definition) is 11. The van der Waals surface area contributed by atoms with Crippen LogP contribution >= 0.6 is 0 Å². The summed E-state index contributed by atoms with van der Waals surface area (Å²) in [6.45, 7) is 1.56. The molecule has 0 spiro atoms. The Kier molecular flexibility index (Phi) is 5.99. The number of aliphatic imine (C=N–C) groups is 1. The Morgan fingerprint density at radius 2 is 2.18 bits per heavy atom. The molecule has 1 aliphatic heterocycles. The molecule has 1 saturated carbocycles. The first-order chi connectivity index (χ1) is 16.5. The molecule has 5 rings (SSSR count). The highest BCUT2D eigenvalue weighted by molar-refractivity contribution is 5.83. The predicted octanol–water partition coefficient (Wildman–Crippen LogP) is 1.01. The van der Waals surface area contributed by atoms with Crippen LogP contribution in [-0.2, 0) is 16.9 Å². The van der Waals surface area contributed by atoms with E-state index in [2.05, 4.69) is 40.9 Å². The van der Waals surface area contributed by atoms with Crippen LogP contribution in [0.25, 0.3) is 11.4 Å². The predicted molar refractivity (Wildman–Crippen MR) is 124 cm³/mol. The third-order valence-electron chi connectivity index (χ3n) is 5.56. The molecule has 0 bridgehead atoms. The number of H-pyrrole nitrogens is 1. The topological polar surface area (TPSA) is 155 Å². The summed E-state index contributed by atoms with van der Waals surface area (Å²) in [6.07, 6.45) is 7.22. The first-order valence-electron chi connectivity index (χ1n) is 11.2. The van der Waals surface area contributed by atoms with Gasteiger partial charge < -0.3 is 30.5 Å². The van der Waals surface area contributed by atoms with Gasteiger partial charge in [0.1, 0.15) is 24.3 Å². The van der Waals surface area contributed by atoms with Gasteiger partial charge >= 0.3 is 0 Å². The summed E-state index contributed by atoms with van der Waals surface area (Å²) in [6, 6.07) is 5.59. The number of nitrogens with two attached hydrogens (primary N) is 1. The Morgan fingerprint density at radius 1 is 1.29 bits per heavy atom. The minimum absolute atomic E-state index is 0.332. The number of nitrogens with one attached hydrogen (secondary N) is 3. The van der Waals surface area contributed by atoms with E-state index >= 15 is 0 Å². The summed E-state index contributed by atoms with van der Waals surface area (Å²) in [5, 5.41) is 18.1. The van der Waals surface area contributed by atoms with Gasteiger partial charge in [-0.25, -0.2) is 9.97 Å². The maximum absolute atomic E-state index is 6.74. The van der Waals surface area contributed by atoms with Crippen LogP contribution in [-0.4, -0.2) is 63.4 Å². The van der Waals surface area contributed by atoms with Gasteiger partial charge in [0.05, 0.1) is 12.2 Å². The number of likely N-dealkylation sites (N-methyl/N-ethyl adjacent to an activating group) is 1. The number of guanidine groups is 1. The van der Waals surface area contributed by atoms with Crippen LogP contribution in [0.3, 0.4) is 0 Å². The van der Waals surface area contributed by atoms with E-state index in [1.54, 1.807) is 18.3 Å². The third-order valence-corrected chi connectivity index (χ3v) is 5.56. The minimum atomic E-state index is -1.09. The summed E-state index contributed by atoms with van der Waals surface area (Å²) in [7, 11) is 3.97. The smallest absolute Gasteiger partial charge is 0.216 e. The van der Waals surface area contributed by atoms with Crippen molar-refractivity contribution in [3.05, 3.63) is 59.8 Å². The van der Waals surface area contributed by atoms with Crippen LogP contribution in [0, 0.1) is 0 Å². The molecule has 0 saturated heterocycles. The SMILES string of the molecule is CN(C)CCOC1=CC(N)(c2cc(C3CC3)[nH]n2)NC(NCc2cc(-c3ccncn3)no2)=N1. The Balaban J connectivity index is 1.31. The van der Waals surface area contributed by atoms with E-state index in [1.165, 1.54) is 19.2 Å². The van der Waals surface area contributed by atoms with Crippen molar-refractivity contribution in [3.63, 3.8) is 0 Å². The van der Waals surface area contributed by atoms with Gasteiger partial charge in [0.2, 0.25) is 11.8 Å². The molecule has 1 aliphatic carbocycles. The van der Waals surface area contributed by atoms with E-state index in [9.17, 15) is 0 Å². The van der Waals surface area contributed by atoms with Crippen LogP contribution in [0.5, 0.6) is 0 Å². The molecular formula is C22H28N10O2. The molecule has 1 atom stereocenters. The van der Waals surface area contributed by atoms with Gasteiger partial charge in [0.25, 0.3) is 0 Å². The minimum Gasteiger partial charge on any atom is -0.476 e. The van der Waals surface area contributed by atoms with Crippen molar-refractivity contribution in [2.45, 2.75) is 31.0 Å². The lowest BCUT2D eigenvalue weighted by Crippen LogP contribution is -2.57. The van der Waals surface area contributed by atoms with Crippen LogP contribution in [0.2, 0.25) is 0 Å². The van der Waals surface area contributed by atoms with Crippen LogP contribution < -0.4 is 16.4 Å². The number of ether oxygens (including phenoxy) is 1. The Hall–Kier alpha value is -3.77. The Labute approximate surface area is 196 Å². The summed E-state index contributed by atoms with van der Waals surface area (Å²) < 4.78 is 11.4. The van der Waals surface area contributed by atoms with Gasteiger partial charge in [0.15, 0.2) is 11.4 Å². The highest BCUT2D eigenvalue weighted by atomic mass is 16.5. The second-order valence-corrected chi connectivity index (χ2v) is 8.70. The van der Waals surface area contributed by atoms with Gasteiger partial charge in [-0.2, -0.15) is 10.1 Å². The molecule has 3 aromatic rings. The van der Waals surface area contributed by atoms with Crippen LogP contribution in [0.4, 0.5) is 0 Å². The van der Waals surface area contributed by atoms with Gasteiger partial charge in [-0.05, 0) is 39.1 Å². The molecule has 12 heteroatoms. The maximum atomic E-state index is 6.74. The third kappa shape index (κ3) is 5.07. The molecule has 0 amide bonds. The summed E-state index contributed by atoms with van der Waals surface area (Å²) >= 11 is 0. The van der Waals surface area contributed by atoms with Crippen LogP contribution in [0.1, 0.15) is 35.9 Å². The van der Waals surface area contributed by atoms with Crippen molar-refractivity contribution in [2.75, 3.05) is 27.2 Å². The van der Waals surface area contributed by atoms with Gasteiger partial charge in [-0.1, -0.05) is 5.16 Å². The number of nitrogens with zero attached hydrogens (tertiary/aromatic N) is 6. The summed E-state index contributed by atoms with van der Waals surface area (Å²) in [5.74, 6) is 2.01. The number of rotatable bonds is 9. The number of aromatic nitrogens is 5. The van der Waals surface area contributed by atoms with E-state index in [-0.39, 0.29) is 0 Å². The molecule has 0 radical (unpaired) electrons. The van der Waals surface area contributed by atoms with Crippen LogP contribution in [0.15, 0.2) is 52.2 Å². The monoisotopic (exact) mass is 464 g/mol. The summed E-state index contributed by atoms with van der Waals surface area (Å²) in [4.78, 5) is 14.7. The average molecular weight is 465 g/mol. The molecule has 1 fully saturated rings. The molecule has 1 unspecified atom stereocenters. The van der Waals surface area contributed by atoms with Gasteiger partial charge in [0, 0.05) is 36.5 Å². The van der Waals surface area contributed by atoms with E-state index in [1.807, 2.05) is 31.1 Å². The highest BCUT2D eigenvalue weighted by Gasteiger charge is 2.35. The average Bonchev–Trinajstić information content (AvgIpc) is 3.34. The molecular weight excluding hydrogens is 436 g/mol. The zero-order valence-electron chi connectivity index (χ0n) is 19.2. The van der Waals surface area contributed by atoms with E-state index in [4.69, 9.17) is 15.0 Å². The second kappa shape index (κ2) is 9.23. The lowest BCUT2D eigenvalue weighted by atomic mass is 10.1. The van der Waals surface area contributed by atoms with E-state index < -0.39 is 5.66 Å². The number of hydrogen-bond donors (Lipinski definition) is 4. The molecule has 34 heavy (non-hydrogen) atoms. The van der Waals surface area contributed by atoms with E-state index in [0.717, 1.165) is 12.2 Å². The highest BCUT2D eigenvalue weighted by Crippen LogP contribution is 2.39. The zero-order chi connectivity index (χ0) is 23.5. The van der Waals surface area contributed by atoms with Crippen molar-refractivity contribution in [1.29, 1.82) is 0 Å². The van der Waals surface area contributed by atoms with Crippen molar-refractivity contribution in [3.8, 4) is 11.4 Å². The van der Waals surface area contributed by atoms with Crippen molar-refractivity contribution >= 4 is 5.96 Å². The standard InChI is InChI=1S/C22H28N10O2/c1-32(2)7-8-33-20-11-22(23,19-10-17(29-30-19)14-3-4-14)28-21(27-20)25-12-15-9-18(31-34-15)16-5-6-24-13-26-16/h5-6,9-11,13-14H,3-4,7-8,12,23H2,1-2H3,(H,29,30)(H2,25,27,28). The van der Waals surface area contributed by atoms with Crippen molar-refractivity contribution in [2.24, 2.45) is 10.7 Å². The Bertz CT molecular complexity index is 1180. The second-order valence-electron chi connectivity index (χ2n) is 8.70. The largest absolute Gasteiger partial charge is 0.476 e. The molecule has 0 aromatic carbocycles. The first kappa shape index (κ1) is 22.0. The quantitative estimate of drug-likeness (QED) is 0.360. The molecule has 12 nitrogen and oxygen atoms in total.